The van der Waals surface area contributed by atoms with Crippen molar-refractivity contribution >= 4 is 0 Å². The van der Waals surface area contributed by atoms with E-state index in [0.29, 0.717) is 0 Å². The SMILES string of the molecule is O[14CH2]c1ccccc1. The molecule has 0 fully saturated rings. The van der Waals surface area contributed by atoms with E-state index < -0.39 is 0 Å². The standard InChI is InChI=1S/C7H8O/c8-6-7-4-2-1-3-5-7/h1-5,8H,6H2/i6+2. The summed E-state index contributed by atoms with van der Waals surface area (Å²) in [5, 5.41) is 8.54. The summed E-state index contributed by atoms with van der Waals surface area (Å²) < 4.78 is 0. The van der Waals surface area contributed by atoms with Crippen molar-refractivity contribution < 1.29 is 5.11 Å². The zero-order valence-electron chi connectivity index (χ0n) is 4.54. The molecule has 0 radical (unpaired) electrons. The van der Waals surface area contributed by atoms with Crippen molar-refractivity contribution in [3.63, 3.8) is 0 Å². The first-order valence-electron chi connectivity index (χ1n) is 2.58. The van der Waals surface area contributed by atoms with Crippen LogP contribution >= 0.6 is 0 Å². The van der Waals surface area contributed by atoms with E-state index in [9.17, 15) is 0 Å². The van der Waals surface area contributed by atoms with Gasteiger partial charge in [0.25, 0.3) is 0 Å². The van der Waals surface area contributed by atoms with Crippen LogP contribution in [0.15, 0.2) is 30.3 Å². The Hall–Kier alpha value is -0.820. The van der Waals surface area contributed by atoms with Gasteiger partial charge in [-0.05, 0) is 5.56 Å². The van der Waals surface area contributed by atoms with Gasteiger partial charge < -0.3 is 5.11 Å². The molecule has 0 amide bonds. The molecule has 0 saturated carbocycles. The van der Waals surface area contributed by atoms with E-state index in [0.717, 1.165) is 5.56 Å². The van der Waals surface area contributed by atoms with Crippen molar-refractivity contribution in [2.24, 2.45) is 0 Å². The molecular weight excluding hydrogens is 102 g/mol. The van der Waals surface area contributed by atoms with Crippen molar-refractivity contribution in [1.82, 2.24) is 0 Å². The highest BCUT2D eigenvalue weighted by atomic mass is 16.5. The lowest BCUT2D eigenvalue weighted by atomic mass is 10.3. The minimum atomic E-state index is 0.140. The van der Waals surface area contributed by atoms with Crippen molar-refractivity contribution in [3.05, 3.63) is 35.9 Å². The molecule has 1 N–H and O–H groups in total. The Labute approximate surface area is 48.6 Å². The summed E-state index contributed by atoms with van der Waals surface area (Å²) in [6.45, 7) is 0.140. The Morgan fingerprint density at radius 2 is 1.75 bits per heavy atom. The van der Waals surface area contributed by atoms with E-state index in [2.05, 4.69) is 0 Å². The molecular formula is C7H8O. The smallest absolute Gasteiger partial charge is 0.0681 e. The molecule has 42 valence electrons. The molecule has 0 aliphatic rings. The van der Waals surface area contributed by atoms with Crippen LogP contribution in [0.1, 0.15) is 5.56 Å². The Bertz CT molecular complexity index is 146. The number of rotatable bonds is 1. The van der Waals surface area contributed by atoms with Gasteiger partial charge in [0.05, 0.1) is 6.61 Å². The minimum Gasteiger partial charge on any atom is -0.392 e. The molecule has 0 aromatic heterocycles. The molecule has 1 aromatic rings. The maximum Gasteiger partial charge on any atom is 0.0681 e. The number of hydrogen-bond donors (Lipinski definition) is 1. The van der Waals surface area contributed by atoms with Gasteiger partial charge in [-0.3, -0.25) is 0 Å². The van der Waals surface area contributed by atoms with Crippen LogP contribution in [0.4, 0.5) is 0 Å². The molecule has 0 spiro atoms. The lowest BCUT2D eigenvalue weighted by Gasteiger charge is -1.89. The molecule has 0 saturated heterocycles. The normalized spacial score (nSPS) is 9.12. The fourth-order valence-electron chi connectivity index (χ4n) is 0.583. The van der Waals surface area contributed by atoms with Crippen LogP contribution < -0.4 is 0 Å². The number of benzene rings is 1. The van der Waals surface area contributed by atoms with Crippen LogP contribution in [-0.4, -0.2) is 5.11 Å². The molecule has 0 bridgehead atoms. The zero-order chi connectivity index (χ0) is 5.82. The molecule has 0 heterocycles. The maximum atomic E-state index is 8.54. The molecule has 0 unspecified atom stereocenters. The van der Waals surface area contributed by atoms with Gasteiger partial charge in [-0.25, -0.2) is 0 Å². The van der Waals surface area contributed by atoms with Gasteiger partial charge in [0.1, 0.15) is 0 Å². The molecule has 0 aliphatic carbocycles. The fourth-order valence-corrected chi connectivity index (χ4v) is 0.583. The third kappa shape index (κ3) is 1.07. The Morgan fingerprint density at radius 3 is 2.12 bits per heavy atom. The van der Waals surface area contributed by atoms with E-state index in [1.54, 1.807) is 0 Å². The summed E-state index contributed by atoms with van der Waals surface area (Å²) in [7, 11) is 0. The second-order valence-corrected chi connectivity index (χ2v) is 1.64. The van der Waals surface area contributed by atoms with Crippen LogP contribution in [0.3, 0.4) is 0 Å². The Balaban J connectivity index is 2.83. The molecule has 1 nitrogen and oxygen atoms in total. The summed E-state index contributed by atoms with van der Waals surface area (Å²) in [5.74, 6) is 0. The third-order valence-corrected chi connectivity index (χ3v) is 1.03. The fraction of sp³-hybridized carbons (Fsp3) is 0.143. The number of aliphatic hydroxyl groups is 1. The summed E-state index contributed by atoms with van der Waals surface area (Å²) >= 11 is 0. The van der Waals surface area contributed by atoms with E-state index in [1.165, 1.54) is 0 Å². The molecule has 8 heavy (non-hydrogen) atoms. The molecule has 0 atom stereocenters. The van der Waals surface area contributed by atoms with E-state index in [1.807, 2.05) is 30.3 Å². The van der Waals surface area contributed by atoms with Crippen molar-refractivity contribution in [2.75, 3.05) is 0 Å². The highest BCUT2D eigenvalue weighted by Gasteiger charge is 1.81. The van der Waals surface area contributed by atoms with Crippen molar-refractivity contribution in [1.29, 1.82) is 0 Å². The molecule has 1 aromatic carbocycles. The predicted octanol–water partition coefficient (Wildman–Crippen LogP) is 1.18. The average Bonchev–Trinajstić information content (AvgIpc) is 1.90. The monoisotopic (exact) mass is 110 g/mol. The topological polar surface area (TPSA) is 20.2 Å². The summed E-state index contributed by atoms with van der Waals surface area (Å²) in [5.41, 5.74) is 0.965. The molecule has 1 heteroatoms. The minimum absolute atomic E-state index is 0.140. The molecule has 1 rings (SSSR count). The number of aliphatic hydroxyl groups excluding tert-OH is 1. The van der Waals surface area contributed by atoms with Gasteiger partial charge in [0, 0.05) is 0 Å². The summed E-state index contributed by atoms with van der Waals surface area (Å²) in [6, 6.07) is 9.52. The van der Waals surface area contributed by atoms with Crippen molar-refractivity contribution in [3.8, 4) is 0 Å². The van der Waals surface area contributed by atoms with Crippen LogP contribution in [0, 0.1) is 0 Å². The highest BCUT2D eigenvalue weighted by molar-refractivity contribution is 5.12. The summed E-state index contributed by atoms with van der Waals surface area (Å²) in [6.07, 6.45) is 0. The van der Waals surface area contributed by atoms with Crippen LogP contribution in [0.2, 0.25) is 0 Å². The van der Waals surface area contributed by atoms with E-state index in [4.69, 9.17) is 5.11 Å². The lowest BCUT2D eigenvalue weighted by molar-refractivity contribution is 0.282. The third-order valence-electron chi connectivity index (χ3n) is 1.03. The zero-order valence-corrected chi connectivity index (χ0v) is 4.54. The Kier molecular flexibility index (Phi) is 1.65. The van der Waals surface area contributed by atoms with E-state index >= 15 is 0 Å². The largest absolute Gasteiger partial charge is 0.392 e. The first-order chi connectivity index (χ1) is 3.93. The van der Waals surface area contributed by atoms with Crippen LogP contribution in [0.25, 0.3) is 0 Å². The predicted molar refractivity (Wildman–Crippen MR) is 32.4 cm³/mol. The average molecular weight is 110 g/mol. The van der Waals surface area contributed by atoms with Gasteiger partial charge in [-0.2, -0.15) is 0 Å². The highest BCUT2D eigenvalue weighted by Crippen LogP contribution is 1.95. The maximum absolute atomic E-state index is 8.54. The van der Waals surface area contributed by atoms with Crippen molar-refractivity contribution in [2.45, 2.75) is 6.61 Å². The Morgan fingerprint density at radius 1 is 1.12 bits per heavy atom. The van der Waals surface area contributed by atoms with Gasteiger partial charge in [0.2, 0.25) is 0 Å². The van der Waals surface area contributed by atoms with Gasteiger partial charge >= 0.3 is 0 Å². The summed E-state index contributed by atoms with van der Waals surface area (Å²) in [4.78, 5) is 0. The first kappa shape index (κ1) is 5.32. The van der Waals surface area contributed by atoms with Crippen LogP contribution in [0.5, 0.6) is 0 Å². The van der Waals surface area contributed by atoms with Gasteiger partial charge in [-0.1, -0.05) is 30.3 Å². The van der Waals surface area contributed by atoms with Gasteiger partial charge in [-0.15, -0.1) is 0 Å². The first-order valence-corrected chi connectivity index (χ1v) is 2.58. The van der Waals surface area contributed by atoms with E-state index in [-0.39, 0.29) is 6.61 Å². The quantitative estimate of drug-likeness (QED) is 0.575. The molecule has 0 aliphatic heterocycles. The second kappa shape index (κ2) is 2.48. The lowest BCUT2D eigenvalue weighted by Crippen LogP contribution is -1.77. The van der Waals surface area contributed by atoms with Crippen LogP contribution in [-0.2, 0) is 6.61 Å². The second-order valence-electron chi connectivity index (χ2n) is 1.64. The van der Waals surface area contributed by atoms with Gasteiger partial charge in [0.15, 0.2) is 0 Å². The number of hydrogen-bond acceptors (Lipinski definition) is 1.